The van der Waals surface area contributed by atoms with E-state index in [4.69, 9.17) is 4.74 Å². The van der Waals surface area contributed by atoms with Crippen molar-refractivity contribution in [2.24, 2.45) is 0 Å². The van der Waals surface area contributed by atoms with Crippen LogP contribution in [0.4, 0.5) is 0 Å². The van der Waals surface area contributed by atoms with Gasteiger partial charge in [0, 0.05) is 26.2 Å². The SMILES string of the molecule is CNC(=O)CN(C)C(=O)COC(=O)CCN1C(=O)Cc2ccccc2C1=O. The van der Waals surface area contributed by atoms with Crippen LogP contribution in [0.15, 0.2) is 24.3 Å². The highest BCUT2D eigenvalue weighted by atomic mass is 16.5. The summed E-state index contributed by atoms with van der Waals surface area (Å²) in [5.41, 5.74) is 1.10. The molecule has 1 aromatic rings. The van der Waals surface area contributed by atoms with E-state index in [1.165, 1.54) is 14.1 Å². The van der Waals surface area contributed by atoms with Crippen molar-refractivity contribution >= 4 is 29.6 Å². The molecule has 1 aliphatic rings. The number of likely N-dealkylation sites (N-methyl/N-ethyl adjacent to an activating group) is 2. The lowest BCUT2D eigenvalue weighted by Crippen LogP contribution is -2.43. The number of esters is 1. The number of carbonyl (C=O) groups is 5. The summed E-state index contributed by atoms with van der Waals surface area (Å²) in [7, 11) is 2.86. The normalized spacial score (nSPS) is 13.0. The molecule has 144 valence electrons. The second kappa shape index (κ2) is 8.93. The molecule has 0 saturated carbocycles. The van der Waals surface area contributed by atoms with Crippen molar-refractivity contribution in [1.29, 1.82) is 0 Å². The Balaban J connectivity index is 1.82. The van der Waals surface area contributed by atoms with Crippen LogP contribution >= 0.6 is 0 Å². The minimum absolute atomic E-state index is 0.0970. The summed E-state index contributed by atoms with van der Waals surface area (Å²) in [5, 5.41) is 2.38. The second-order valence-corrected chi connectivity index (χ2v) is 6.02. The molecule has 0 radical (unpaired) electrons. The summed E-state index contributed by atoms with van der Waals surface area (Å²) in [6.45, 7) is -0.784. The maximum absolute atomic E-state index is 12.4. The summed E-state index contributed by atoms with van der Waals surface area (Å²) < 4.78 is 4.86. The molecule has 0 fully saturated rings. The number of hydrogen-bond donors (Lipinski definition) is 1. The van der Waals surface area contributed by atoms with Crippen molar-refractivity contribution in [2.75, 3.05) is 33.8 Å². The predicted octanol–water partition coefficient (Wildman–Crippen LogP) is -0.651. The molecular formula is C18H21N3O6. The molecule has 0 aliphatic carbocycles. The fraction of sp³-hybridized carbons (Fsp3) is 0.389. The molecule has 0 aromatic heterocycles. The first-order valence-electron chi connectivity index (χ1n) is 8.36. The third-order valence-corrected chi connectivity index (χ3v) is 4.12. The predicted molar refractivity (Wildman–Crippen MR) is 93.5 cm³/mol. The van der Waals surface area contributed by atoms with Crippen molar-refractivity contribution < 1.29 is 28.7 Å². The molecule has 0 spiro atoms. The highest BCUT2D eigenvalue weighted by molar-refractivity contribution is 6.09. The maximum Gasteiger partial charge on any atom is 0.308 e. The van der Waals surface area contributed by atoms with Crippen LogP contribution in [-0.2, 0) is 30.3 Å². The van der Waals surface area contributed by atoms with Crippen LogP contribution < -0.4 is 5.32 Å². The van der Waals surface area contributed by atoms with Gasteiger partial charge in [0.05, 0.1) is 19.4 Å². The van der Waals surface area contributed by atoms with E-state index in [0.717, 1.165) is 9.80 Å². The first-order chi connectivity index (χ1) is 12.8. The van der Waals surface area contributed by atoms with Crippen molar-refractivity contribution in [3.63, 3.8) is 0 Å². The van der Waals surface area contributed by atoms with E-state index < -0.39 is 24.4 Å². The van der Waals surface area contributed by atoms with Crippen molar-refractivity contribution in [1.82, 2.24) is 15.1 Å². The van der Waals surface area contributed by atoms with Crippen LogP contribution in [0.3, 0.4) is 0 Å². The monoisotopic (exact) mass is 375 g/mol. The first-order valence-corrected chi connectivity index (χ1v) is 8.36. The van der Waals surface area contributed by atoms with Gasteiger partial charge in [0.25, 0.3) is 11.8 Å². The van der Waals surface area contributed by atoms with Crippen LogP contribution in [-0.4, -0.2) is 73.2 Å². The highest BCUT2D eigenvalue weighted by Crippen LogP contribution is 2.19. The largest absolute Gasteiger partial charge is 0.456 e. The van der Waals surface area contributed by atoms with Gasteiger partial charge in [-0.15, -0.1) is 0 Å². The van der Waals surface area contributed by atoms with E-state index in [0.29, 0.717) is 11.1 Å². The van der Waals surface area contributed by atoms with Gasteiger partial charge in [-0.05, 0) is 11.6 Å². The Morgan fingerprint density at radius 1 is 1.22 bits per heavy atom. The summed E-state index contributed by atoms with van der Waals surface area (Å²) in [5.74, 6) is -2.43. The number of fused-ring (bicyclic) bond motifs is 1. The molecule has 1 N–H and O–H groups in total. The van der Waals surface area contributed by atoms with Gasteiger partial charge in [0.15, 0.2) is 6.61 Å². The first kappa shape index (κ1) is 20.1. The maximum atomic E-state index is 12.4. The average molecular weight is 375 g/mol. The van der Waals surface area contributed by atoms with E-state index in [1.807, 2.05) is 0 Å². The van der Waals surface area contributed by atoms with Crippen molar-refractivity contribution in [3.8, 4) is 0 Å². The fourth-order valence-electron chi connectivity index (χ4n) is 2.54. The lowest BCUT2D eigenvalue weighted by molar-refractivity contribution is -0.152. The van der Waals surface area contributed by atoms with Gasteiger partial charge in [0.1, 0.15) is 0 Å². The molecule has 0 bridgehead atoms. The van der Waals surface area contributed by atoms with E-state index >= 15 is 0 Å². The van der Waals surface area contributed by atoms with Gasteiger partial charge in [-0.25, -0.2) is 0 Å². The lowest BCUT2D eigenvalue weighted by atomic mass is 9.98. The molecule has 27 heavy (non-hydrogen) atoms. The number of ether oxygens (including phenoxy) is 1. The molecule has 9 nitrogen and oxygen atoms in total. The Hall–Kier alpha value is -3.23. The second-order valence-electron chi connectivity index (χ2n) is 6.02. The van der Waals surface area contributed by atoms with Gasteiger partial charge in [-0.3, -0.25) is 28.9 Å². The number of imide groups is 1. The zero-order valence-corrected chi connectivity index (χ0v) is 15.2. The third-order valence-electron chi connectivity index (χ3n) is 4.12. The van der Waals surface area contributed by atoms with Crippen LogP contribution in [0, 0.1) is 0 Å². The van der Waals surface area contributed by atoms with E-state index in [1.54, 1.807) is 24.3 Å². The van der Waals surface area contributed by atoms with Crippen LogP contribution in [0.5, 0.6) is 0 Å². The Labute approximate surface area is 156 Å². The Morgan fingerprint density at radius 3 is 2.63 bits per heavy atom. The van der Waals surface area contributed by atoms with E-state index in [2.05, 4.69) is 5.32 Å². The zero-order valence-electron chi connectivity index (χ0n) is 15.2. The fourth-order valence-corrected chi connectivity index (χ4v) is 2.54. The van der Waals surface area contributed by atoms with Crippen LogP contribution in [0.25, 0.3) is 0 Å². The Morgan fingerprint density at radius 2 is 1.93 bits per heavy atom. The topological polar surface area (TPSA) is 113 Å². The molecule has 2 rings (SSSR count). The highest BCUT2D eigenvalue weighted by Gasteiger charge is 2.30. The number of amides is 4. The molecule has 4 amide bonds. The minimum atomic E-state index is -0.712. The molecule has 0 saturated heterocycles. The average Bonchev–Trinajstić information content (AvgIpc) is 2.65. The molecule has 0 atom stereocenters. The molecule has 1 aromatic carbocycles. The number of nitrogens with one attached hydrogen (secondary N) is 1. The lowest BCUT2D eigenvalue weighted by Gasteiger charge is -2.26. The van der Waals surface area contributed by atoms with Crippen LogP contribution in [0.1, 0.15) is 22.3 Å². The number of nitrogens with zero attached hydrogens (tertiary/aromatic N) is 2. The summed E-state index contributed by atoms with van der Waals surface area (Å²) in [6.07, 6.45) is -0.119. The Bertz CT molecular complexity index is 776. The zero-order chi connectivity index (χ0) is 20.0. The van der Waals surface area contributed by atoms with Gasteiger partial charge >= 0.3 is 5.97 Å². The van der Waals surface area contributed by atoms with E-state index in [-0.39, 0.29) is 37.7 Å². The van der Waals surface area contributed by atoms with Gasteiger partial charge in [0.2, 0.25) is 11.8 Å². The van der Waals surface area contributed by atoms with Crippen molar-refractivity contribution in [3.05, 3.63) is 35.4 Å². The smallest absolute Gasteiger partial charge is 0.308 e. The molecular weight excluding hydrogens is 354 g/mol. The third kappa shape index (κ3) is 5.13. The van der Waals surface area contributed by atoms with Gasteiger partial charge in [-0.1, -0.05) is 18.2 Å². The number of rotatable bonds is 7. The molecule has 0 unspecified atom stereocenters. The van der Waals surface area contributed by atoms with Crippen LogP contribution in [0.2, 0.25) is 0 Å². The minimum Gasteiger partial charge on any atom is -0.456 e. The molecule has 1 aliphatic heterocycles. The quantitative estimate of drug-likeness (QED) is 0.500. The number of hydrogen-bond acceptors (Lipinski definition) is 6. The molecule has 9 heteroatoms. The number of carbonyl (C=O) groups excluding carboxylic acids is 5. The summed E-state index contributed by atoms with van der Waals surface area (Å²) in [4.78, 5) is 61.5. The van der Waals surface area contributed by atoms with Crippen molar-refractivity contribution in [2.45, 2.75) is 12.8 Å². The Kier molecular flexibility index (Phi) is 6.64. The number of benzene rings is 1. The molecule has 1 heterocycles. The van der Waals surface area contributed by atoms with Gasteiger partial charge < -0.3 is 15.0 Å². The van der Waals surface area contributed by atoms with E-state index in [9.17, 15) is 24.0 Å². The summed E-state index contributed by atoms with van der Waals surface area (Å²) >= 11 is 0. The standard InChI is InChI=1S/C18H21N3O6/c1-19-14(22)10-20(2)16(24)11-27-17(25)7-8-21-15(23)9-12-5-3-4-6-13(12)18(21)26/h3-6H,7-11H2,1-2H3,(H,19,22). The summed E-state index contributed by atoms with van der Waals surface area (Å²) in [6, 6.07) is 6.82. The van der Waals surface area contributed by atoms with Gasteiger partial charge in [-0.2, -0.15) is 0 Å².